The van der Waals surface area contributed by atoms with Crippen LogP contribution >= 0.6 is 0 Å². The summed E-state index contributed by atoms with van der Waals surface area (Å²) >= 11 is 0. The molecule has 0 bridgehead atoms. The van der Waals surface area contributed by atoms with Crippen molar-refractivity contribution in [1.29, 1.82) is 0 Å². The minimum Gasteiger partial charge on any atom is -0.289 e. The fraction of sp³-hybridized carbons (Fsp3) is 0. The topological polar surface area (TPSA) is 65.8 Å². The lowest BCUT2D eigenvalue weighted by Crippen LogP contribution is -1.95. The predicted molar refractivity (Wildman–Crippen MR) is 74.3 cm³/mol. The van der Waals surface area contributed by atoms with Crippen molar-refractivity contribution in [2.24, 2.45) is 5.11 Å². The monoisotopic (exact) mass is 249 g/mol. The first-order valence-electron chi connectivity index (χ1n) is 5.73. The van der Waals surface area contributed by atoms with Crippen LogP contribution in [0.4, 0.5) is 0 Å². The van der Waals surface area contributed by atoms with Crippen LogP contribution in [-0.2, 0) is 0 Å². The third kappa shape index (κ3) is 3.31. The highest BCUT2D eigenvalue weighted by Crippen LogP contribution is 2.17. The number of azide groups is 1. The van der Waals surface area contributed by atoms with Gasteiger partial charge in [0.25, 0.3) is 0 Å². The summed E-state index contributed by atoms with van der Waals surface area (Å²) in [6.07, 6.45) is 1.35. The molecule has 0 aromatic heterocycles. The minimum atomic E-state index is -0.188. The van der Waals surface area contributed by atoms with E-state index in [9.17, 15) is 4.79 Å². The SMILES string of the molecule is [N-]=[N+]=NC(=CC(=O)c1ccccc1)c1ccccc1. The van der Waals surface area contributed by atoms with Gasteiger partial charge in [0, 0.05) is 16.2 Å². The number of carbonyl (C=O) groups excluding carboxylic acids is 1. The van der Waals surface area contributed by atoms with Crippen molar-refractivity contribution in [1.82, 2.24) is 0 Å². The zero-order valence-electron chi connectivity index (χ0n) is 10.1. The maximum atomic E-state index is 12.0. The molecule has 2 rings (SSSR count). The van der Waals surface area contributed by atoms with E-state index in [1.54, 1.807) is 36.4 Å². The molecule has 2 aromatic carbocycles. The molecule has 0 aliphatic heterocycles. The van der Waals surface area contributed by atoms with E-state index in [4.69, 9.17) is 5.53 Å². The lowest BCUT2D eigenvalue weighted by Gasteiger charge is -2.01. The number of hydrogen-bond donors (Lipinski definition) is 0. The summed E-state index contributed by atoms with van der Waals surface area (Å²) in [5, 5.41) is 3.58. The van der Waals surface area contributed by atoms with Crippen LogP contribution in [0.3, 0.4) is 0 Å². The normalized spacial score (nSPS) is 10.6. The maximum absolute atomic E-state index is 12.0. The smallest absolute Gasteiger partial charge is 0.186 e. The first-order valence-corrected chi connectivity index (χ1v) is 5.73. The second-order valence-corrected chi connectivity index (χ2v) is 3.82. The van der Waals surface area contributed by atoms with Crippen molar-refractivity contribution in [2.75, 3.05) is 0 Å². The quantitative estimate of drug-likeness (QED) is 0.263. The van der Waals surface area contributed by atoms with Crippen LogP contribution in [-0.4, -0.2) is 5.78 Å². The Labute approximate surface area is 110 Å². The van der Waals surface area contributed by atoms with E-state index >= 15 is 0 Å². The number of carbonyl (C=O) groups is 1. The van der Waals surface area contributed by atoms with Gasteiger partial charge in [-0.1, -0.05) is 65.8 Å². The summed E-state index contributed by atoms with van der Waals surface area (Å²) in [7, 11) is 0. The number of rotatable bonds is 4. The standard InChI is InChI=1S/C15H11N3O/c16-18-17-14(12-7-3-1-4-8-12)11-15(19)13-9-5-2-6-10-13/h1-11H. The van der Waals surface area contributed by atoms with Gasteiger partial charge < -0.3 is 0 Å². The van der Waals surface area contributed by atoms with Gasteiger partial charge in [0.1, 0.15) is 0 Å². The number of ketones is 1. The highest BCUT2D eigenvalue weighted by Gasteiger charge is 2.05. The minimum absolute atomic E-state index is 0.188. The molecule has 0 radical (unpaired) electrons. The fourth-order valence-electron chi connectivity index (χ4n) is 1.64. The fourth-order valence-corrected chi connectivity index (χ4v) is 1.64. The van der Waals surface area contributed by atoms with Gasteiger partial charge in [-0.15, -0.1) is 0 Å². The van der Waals surface area contributed by atoms with Crippen molar-refractivity contribution in [2.45, 2.75) is 0 Å². The molecule has 92 valence electrons. The molecule has 0 aliphatic carbocycles. The molecule has 0 aliphatic rings. The van der Waals surface area contributed by atoms with Crippen molar-refractivity contribution >= 4 is 11.5 Å². The highest BCUT2D eigenvalue weighted by molar-refractivity contribution is 6.08. The van der Waals surface area contributed by atoms with Crippen LogP contribution in [0.15, 0.2) is 71.9 Å². The molecular formula is C15H11N3O. The van der Waals surface area contributed by atoms with Gasteiger partial charge >= 0.3 is 0 Å². The van der Waals surface area contributed by atoms with E-state index in [1.165, 1.54) is 6.08 Å². The van der Waals surface area contributed by atoms with Crippen LogP contribution in [0.25, 0.3) is 16.1 Å². The molecular weight excluding hydrogens is 238 g/mol. The van der Waals surface area contributed by atoms with E-state index in [0.29, 0.717) is 16.8 Å². The summed E-state index contributed by atoms with van der Waals surface area (Å²) in [6, 6.07) is 17.9. The Morgan fingerprint density at radius 1 is 0.947 bits per heavy atom. The average molecular weight is 249 g/mol. The van der Waals surface area contributed by atoms with Gasteiger partial charge in [0.15, 0.2) is 5.78 Å². The second-order valence-electron chi connectivity index (χ2n) is 3.82. The largest absolute Gasteiger partial charge is 0.289 e. The van der Waals surface area contributed by atoms with Crippen LogP contribution in [0.1, 0.15) is 15.9 Å². The lowest BCUT2D eigenvalue weighted by molar-refractivity contribution is 0.104. The van der Waals surface area contributed by atoms with E-state index in [0.717, 1.165) is 0 Å². The third-order valence-electron chi connectivity index (χ3n) is 2.55. The van der Waals surface area contributed by atoms with Gasteiger partial charge in [0.05, 0.1) is 0 Å². The summed E-state index contributed by atoms with van der Waals surface area (Å²) in [4.78, 5) is 14.8. The Kier molecular flexibility index (Phi) is 4.11. The molecule has 0 spiro atoms. The van der Waals surface area contributed by atoms with Gasteiger partial charge in [-0.05, 0) is 17.2 Å². The number of benzene rings is 2. The third-order valence-corrected chi connectivity index (χ3v) is 2.55. The molecule has 0 heterocycles. The summed E-state index contributed by atoms with van der Waals surface area (Å²) in [5.41, 5.74) is 10.2. The van der Waals surface area contributed by atoms with Crippen molar-refractivity contribution < 1.29 is 4.79 Å². The van der Waals surface area contributed by atoms with Crippen molar-refractivity contribution in [3.05, 3.63) is 88.3 Å². The molecule has 0 saturated carbocycles. The van der Waals surface area contributed by atoms with Gasteiger partial charge in [-0.25, -0.2) is 0 Å². The highest BCUT2D eigenvalue weighted by atomic mass is 16.1. The molecule has 4 nitrogen and oxygen atoms in total. The summed E-state index contributed by atoms with van der Waals surface area (Å²) in [5.74, 6) is -0.188. The lowest BCUT2D eigenvalue weighted by atomic mass is 10.1. The van der Waals surface area contributed by atoms with Crippen molar-refractivity contribution in [3.8, 4) is 0 Å². The number of allylic oxidation sites excluding steroid dienone is 1. The predicted octanol–water partition coefficient (Wildman–Crippen LogP) is 4.22. The molecule has 0 unspecified atom stereocenters. The molecule has 0 N–H and O–H groups in total. The van der Waals surface area contributed by atoms with Crippen LogP contribution < -0.4 is 0 Å². The molecule has 0 saturated heterocycles. The summed E-state index contributed by atoms with van der Waals surface area (Å²) in [6.45, 7) is 0. The van der Waals surface area contributed by atoms with Crippen LogP contribution in [0.2, 0.25) is 0 Å². The van der Waals surface area contributed by atoms with E-state index in [1.807, 2.05) is 24.3 Å². The summed E-state index contributed by atoms with van der Waals surface area (Å²) < 4.78 is 0. The molecule has 19 heavy (non-hydrogen) atoms. The Morgan fingerprint density at radius 3 is 2.00 bits per heavy atom. The molecule has 2 aromatic rings. The van der Waals surface area contributed by atoms with E-state index in [2.05, 4.69) is 10.0 Å². The first kappa shape index (κ1) is 12.6. The molecule has 0 atom stereocenters. The number of nitrogens with zero attached hydrogens (tertiary/aromatic N) is 3. The molecule has 0 fully saturated rings. The molecule has 0 amide bonds. The van der Waals surface area contributed by atoms with Crippen molar-refractivity contribution in [3.63, 3.8) is 0 Å². The molecule has 4 heteroatoms. The average Bonchev–Trinajstić information content (AvgIpc) is 2.48. The Balaban J connectivity index is 2.38. The Morgan fingerprint density at radius 2 is 1.47 bits per heavy atom. The Hall–Kier alpha value is -2.84. The zero-order valence-corrected chi connectivity index (χ0v) is 10.1. The zero-order chi connectivity index (χ0) is 13.5. The van der Waals surface area contributed by atoms with Gasteiger partial charge in [-0.2, -0.15) is 0 Å². The van der Waals surface area contributed by atoms with E-state index < -0.39 is 0 Å². The van der Waals surface area contributed by atoms with Gasteiger partial charge in [0.2, 0.25) is 0 Å². The van der Waals surface area contributed by atoms with Gasteiger partial charge in [-0.3, -0.25) is 4.79 Å². The first-order chi connectivity index (χ1) is 9.31. The number of hydrogen-bond acceptors (Lipinski definition) is 2. The Bertz CT molecular complexity index is 642. The van der Waals surface area contributed by atoms with Crippen LogP contribution in [0, 0.1) is 0 Å². The van der Waals surface area contributed by atoms with E-state index in [-0.39, 0.29) is 5.78 Å². The van der Waals surface area contributed by atoms with Crippen LogP contribution in [0.5, 0.6) is 0 Å². The second kappa shape index (κ2) is 6.19. The maximum Gasteiger partial charge on any atom is 0.186 e.